The highest BCUT2D eigenvalue weighted by atomic mass is 16.2. The molecule has 3 N–H and O–H groups in total. The molecule has 0 unspecified atom stereocenters. The van der Waals surface area contributed by atoms with Gasteiger partial charge in [-0.1, -0.05) is 6.07 Å². The van der Waals surface area contributed by atoms with Crippen molar-refractivity contribution >= 4 is 5.91 Å². The molecule has 1 fully saturated rings. The van der Waals surface area contributed by atoms with Crippen molar-refractivity contribution in [2.24, 2.45) is 11.7 Å². The van der Waals surface area contributed by atoms with Gasteiger partial charge >= 0.3 is 0 Å². The summed E-state index contributed by atoms with van der Waals surface area (Å²) in [7, 11) is 3.47. The van der Waals surface area contributed by atoms with E-state index < -0.39 is 0 Å². The van der Waals surface area contributed by atoms with Crippen LogP contribution in [0.15, 0.2) is 18.2 Å². The van der Waals surface area contributed by atoms with Gasteiger partial charge in [0.2, 0.25) is 0 Å². The standard InChI is InChI=1S/C17H23N5O/c1-10-5-4-6-13(19-10)14-15(12-7-11(8-12)9-18)20-21-16(14)17(23)22(2)3/h4-6,11-12H,7-9,18H2,1-3H3,(H,20,21). The van der Waals surface area contributed by atoms with Gasteiger partial charge in [0.25, 0.3) is 5.91 Å². The van der Waals surface area contributed by atoms with Crippen LogP contribution in [-0.2, 0) is 0 Å². The molecule has 0 bridgehead atoms. The highest BCUT2D eigenvalue weighted by Gasteiger charge is 2.35. The number of H-pyrrole nitrogens is 1. The molecule has 2 aromatic heterocycles. The topological polar surface area (TPSA) is 87.9 Å². The van der Waals surface area contributed by atoms with Crippen molar-refractivity contribution in [3.63, 3.8) is 0 Å². The van der Waals surface area contributed by atoms with Gasteiger partial charge < -0.3 is 10.6 Å². The van der Waals surface area contributed by atoms with Gasteiger partial charge in [0, 0.05) is 31.4 Å². The van der Waals surface area contributed by atoms with Crippen LogP contribution in [0.4, 0.5) is 0 Å². The summed E-state index contributed by atoms with van der Waals surface area (Å²) in [5, 5.41) is 7.41. The summed E-state index contributed by atoms with van der Waals surface area (Å²) in [5.74, 6) is 0.826. The van der Waals surface area contributed by atoms with Gasteiger partial charge in [0.1, 0.15) is 0 Å². The zero-order valence-electron chi connectivity index (χ0n) is 13.8. The monoisotopic (exact) mass is 313 g/mol. The van der Waals surface area contributed by atoms with Crippen LogP contribution in [0.3, 0.4) is 0 Å². The van der Waals surface area contributed by atoms with Crippen LogP contribution in [0.25, 0.3) is 11.3 Å². The number of carbonyl (C=O) groups is 1. The number of carbonyl (C=O) groups excluding carboxylic acids is 1. The van der Waals surface area contributed by atoms with E-state index in [-0.39, 0.29) is 5.91 Å². The lowest BCUT2D eigenvalue weighted by Crippen LogP contribution is -2.29. The fourth-order valence-electron chi connectivity index (χ4n) is 3.12. The lowest BCUT2D eigenvalue weighted by atomic mass is 9.72. The number of hydrogen-bond donors (Lipinski definition) is 2. The van der Waals surface area contributed by atoms with E-state index in [4.69, 9.17) is 5.73 Å². The minimum absolute atomic E-state index is 0.111. The number of nitrogens with two attached hydrogens (primary N) is 1. The lowest BCUT2D eigenvalue weighted by Gasteiger charge is -2.34. The summed E-state index contributed by atoms with van der Waals surface area (Å²) in [5.41, 5.74) is 9.76. The third kappa shape index (κ3) is 2.86. The number of nitrogens with zero attached hydrogens (tertiary/aromatic N) is 3. The van der Waals surface area contributed by atoms with Crippen LogP contribution in [-0.4, -0.2) is 46.6 Å². The van der Waals surface area contributed by atoms with Crippen molar-refractivity contribution in [2.75, 3.05) is 20.6 Å². The first-order valence-electron chi connectivity index (χ1n) is 7.95. The Bertz CT molecular complexity index is 716. The average molecular weight is 313 g/mol. The van der Waals surface area contributed by atoms with Crippen LogP contribution in [0.2, 0.25) is 0 Å². The minimum atomic E-state index is -0.111. The summed E-state index contributed by atoms with van der Waals surface area (Å²) in [6.07, 6.45) is 2.07. The molecule has 23 heavy (non-hydrogen) atoms. The second-order valence-electron chi connectivity index (χ2n) is 6.49. The Balaban J connectivity index is 2.05. The van der Waals surface area contributed by atoms with E-state index in [1.165, 1.54) is 0 Å². The fraction of sp³-hybridized carbons (Fsp3) is 0.471. The number of aryl methyl sites for hydroxylation is 1. The summed E-state index contributed by atoms with van der Waals surface area (Å²) in [6, 6.07) is 5.85. The molecule has 6 nitrogen and oxygen atoms in total. The van der Waals surface area contributed by atoms with Crippen LogP contribution in [0, 0.1) is 12.8 Å². The van der Waals surface area contributed by atoms with Gasteiger partial charge in [0.15, 0.2) is 5.69 Å². The van der Waals surface area contributed by atoms with Crippen molar-refractivity contribution in [3.05, 3.63) is 35.3 Å². The smallest absolute Gasteiger partial charge is 0.274 e. The normalized spacial score (nSPS) is 20.2. The van der Waals surface area contributed by atoms with Crippen LogP contribution in [0.1, 0.15) is 40.6 Å². The van der Waals surface area contributed by atoms with Gasteiger partial charge in [-0.3, -0.25) is 14.9 Å². The number of rotatable bonds is 4. The molecule has 3 rings (SSSR count). The Hall–Kier alpha value is -2.21. The Kier molecular flexibility index (Phi) is 4.17. The van der Waals surface area contributed by atoms with E-state index in [1.54, 1.807) is 19.0 Å². The first-order chi connectivity index (χ1) is 11.0. The number of aromatic nitrogens is 3. The first-order valence-corrected chi connectivity index (χ1v) is 7.95. The van der Waals surface area contributed by atoms with Crippen molar-refractivity contribution in [1.29, 1.82) is 0 Å². The number of pyridine rings is 1. The number of amides is 1. The summed E-state index contributed by atoms with van der Waals surface area (Å²) >= 11 is 0. The van der Waals surface area contributed by atoms with Crippen LogP contribution < -0.4 is 5.73 Å². The van der Waals surface area contributed by atoms with Crippen molar-refractivity contribution in [2.45, 2.75) is 25.7 Å². The van der Waals surface area contributed by atoms with E-state index >= 15 is 0 Å². The highest BCUT2D eigenvalue weighted by Crippen LogP contribution is 2.44. The molecule has 0 radical (unpaired) electrons. The predicted octanol–water partition coefficient (Wildman–Crippen LogP) is 1.93. The quantitative estimate of drug-likeness (QED) is 0.903. The molecule has 1 amide bonds. The van der Waals surface area contributed by atoms with Gasteiger partial charge in [-0.15, -0.1) is 0 Å². The molecule has 6 heteroatoms. The van der Waals surface area contributed by atoms with Crippen molar-refractivity contribution < 1.29 is 4.79 Å². The second kappa shape index (κ2) is 6.12. The van der Waals surface area contributed by atoms with Crippen LogP contribution >= 0.6 is 0 Å². The van der Waals surface area contributed by atoms with Gasteiger partial charge in [0.05, 0.1) is 11.3 Å². The predicted molar refractivity (Wildman–Crippen MR) is 89.1 cm³/mol. The van der Waals surface area contributed by atoms with Crippen LogP contribution in [0.5, 0.6) is 0 Å². The zero-order valence-corrected chi connectivity index (χ0v) is 13.8. The van der Waals surface area contributed by atoms with Gasteiger partial charge in [-0.2, -0.15) is 5.10 Å². The van der Waals surface area contributed by atoms with Crippen molar-refractivity contribution in [3.8, 4) is 11.3 Å². The number of hydrogen-bond acceptors (Lipinski definition) is 4. The molecule has 1 saturated carbocycles. The maximum Gasteiger partial charge on any atom is 0.274 e. The van der Waals surface area contributed by atoms with Gasteiger partial charge in [-0.05, 0) is 44.4 Å². The third-order valence-electron chi connectivity index (χ3n) is 4.52. The molecule has 0 aromatic carbocycles. The Morgan fingerprint density at radius 2 is 2.13 bits per heavy atom. The van der Waals surface area contributed by atoms with Gasteiger partial charge in [-0.25, -0.2) is 0 Å². The Labute approximate surface area is 136 Å². The van der Waals surface area contributed by atoms with E-state index in [0.717, 1.165) is 35.5 Å². The fourth-order valence-corrected chi connectivity index (χ4v) is 3.12. The molecule has 0 atom stereocenters. The minimum Gasteiger partial charge on any atom is -0.343 e. The zero-order chi connectivity index (χ0) is 16.6. The maximum atomic E-state index is 12.5. The summed E-state index contributed by atoms with van der Waals surface area (Å²) < 4.78 is 0. The molecule has 122 valence electrons. The summed E-state index contributed by atoms with van der Waals surface area (Å²) in [6.45, 7) is 2.66. The highest BCUT2D eigenvalue weighted by molar-refractivity contribution is 5.99. The first kappa shape index (κ1) is 15.7. The van der Waals surface area contributed by atoms with E-state index in [9.17, 15) is 4.79 Å². The molecule has 0 spiro atoms. The molecule has 1 aliphatic rings. The Morgan fingerprint density at radius 3 is 2.74 bits per heavy atom. The number of nitrogens with one attached hydrogen (secondary N) is 1. The molecule has 1 aliphatic carbocycles. The summed E-state index contributed by atoms with van der Waals surface area (Å²) in [4.78, 5) is 18.6. The SMILES string of the molecule is Cc1cccc(-c2c(C(=O)N(C)C)n[nH]c2C2CC(CN)C2)n1. The molecule has 2 aromatic rings. The van der Waals surface area contributed by atoms with Crippen molar-refractivity contribution in [1.82, 2.24) is 20.1 Å². The van der Waals surface area contributed by atoms with E-state index in [1.807, 2.05) is 25.1 Å². The van der Waals surface area contributed by atoms with E-state index in [2.05, 4.69) is 15.2 Å². The largest absolute Gasteiger partial charge is 0.343 e. The molecule has 0 aliphatic heterocycles. The third-order valence-corrected chi connectivity index (χ3v) is 4.52. The Morgan fingerprint density at radius 1 is 1.39 bits per heavy atom. The lowest BCUT2D eigenvalue weighted by molar-refractivity contribution is 0.0822. The average Bonchev–Trinajstić information content (AvgIpc) is 2.89. The maximum absolute atomic E-state index is 12.5. The second-order valence-corrected chi connectivity index (χ2v) is 6.49. The number of aromatic amines is 1. The molecular weight excluding hydrogens is 290 g/mol. The molecule has 2 heterocycles. The van der Waals surface area contributed by atoms with E-state index in [0.29, 0.717) is 24.1 Å². The molecular formula is C17H23N5O. The molecule has 0 saturated heterocycles.